The number of aromatic nitrogens is 1. The second-order valence-corrected chi connectivity index (χ2v) is 5.45. The number of hydrogen-bond donors (Lipinski definition) is 0. The van der Waals surface area contributed by atoms with Crippen LogP contribution in [0.5, 0.6) is 0 Å². The molecule has 0 radical (unpaired) electrons. The maximum atomic E-state index is 4.67. The van der Waals surface area contributed by atoms with E-state index in [2.05, 4.69) is 52.5 Å². The molecule has 1 heterocycles. The van der Waals surface area contributed by atoms with E-state index in [4.69, 9.17) is 0 Å². The van der Waals surface area contributed by atoms with Gasteiger partial charge in [-0.1, -0.05) is 6.07 Å². The highest BCUT2D eigenvalue weighted by molar-refractivity contribution is 7.78. The molecule has 4 heteroatoms. The minimum absolute atomic E-state index is 0.815. The van der Waals surface area contributed by atoms with Gasteiger partial charge in [-0.15, -0.1) is 11.3 Å². The summed E-state index contributed by atoms with van der Waals surface area (Å²) in [6.45, 7) is 2.08. The molecule has 0 saturated carbocycles. The van der Waals surface area contributed by atoms with Crippen molar-refractivity contribution in [2.45, 2.75) is 6.92 Å². The molecule has 0 aliphatic rings. The Hall–Kier alpha value is -1.87. The van der Waals surface area contributed by atoms with Crippen molar-refractivity contribution < 1.29 is 0 Å². The van der Waals surface area contributed by atoms with E-state index < -0.39 is 0 Å². The first-order valence-electron chi connectivity index (χ1n) is 5.82. The van der Waals surface area contributed by atoms with Gasteiger partial charge in [-0.3, -0.25) is 0 Å². The molecule has 0 unspecified atom stereocenters. The number of rotatable bonds is 2. The molecular weight excluding hydrogens is 272 g/mol. The lowest BCUT2D eigenvalue weighted by molar-refractivity contribution is 1.44. The number of aliphatic imine (C=N–C) groups is 1. The number of isothiocyanates is 1. The predicted molar refractivity (Wildman–Crippen MR) is 84.5 cm³/mol. The molecule has 92 valence electrons. The predicted octanol–water partition coefficient (Wildman–Crippen LogP) is 5.01. The number of aryl methyl sites for hydroxylation is 1. The highest BCUT2D eigenvalue weighted by Crippen LogP contribution is 2.31. The number of hydrogen-bond acceptors (Lipinski definition) is 4. The lowest BCUT2D eigenvalue weighted by Crippen LogP contribution is -1.75. The molecule has 3 rings (SSSR count). The second kappa shape index (κ2) is 5.02. The fraction of sp³-hybridized carbons (Fsp3) is 0.0667. The molecule has 0 atom stereocenters. The van der Waals surface area contributed by atoms with Crippen LogP contribution in [-0.2, 0) is 0 Å². The average Bonchev–Trinajstić information content (AvgIpc) is 2.83. The van der Waals surface area contributed by atoms with E-state index in [1.165, 1.54) is 10.3 Å². The first-order chi connectivity index (χ1) is 9.26. The van der Waals surface area contributed by atoms with Gasteiger partial charge in [0.25, 0.3) is 0 Å². The first kappa shape index (κ1) is 12.2. The zero-order valence-electron chi connectivity index (χ0n) is 10.3. The summed E-state index contributed by atoms with van der Waals surface area (Å²) >= 11 is 6.29. The molecule has 0 fully saturated rings. The molecule has 0 bridgehead atoms. The monoisotopic (exact) mass is 282 g/mol. The third-order valence-corrected chi connectivity index (χ3v) is 4.01. The maximum absolute atomic E-state index is 4.67. The van der Waals surface area contributed by atoms with E-state index in [1.54, 1.807) is 11.3 Å². The van der Waals surface area contributed by atoms with Gasteiger partial charge >= 0.3 is 0 Å². The largest absolute Gasteiger partial charge is 0.236 e. The van der Waals surface area contributed by atoms with Crippen LogP contribution in [0, 0.1) is 6.92 Å². The summed E-state index contributed by atoms with van der Waals surface area (Å²) in [7, 11) is 0. The highest BCUT2D eigenvalue weighted by Gasteiger charge is 2.06. The molecule has 2 nitrogen and oxygen atoms in total. The van der Waals surface area contributed by atoms with Crippen LogP contribution >= 0.6 is 23.6 Å². The lowest BCUT2D eigenvalue weighted by Gasteiger charge is -1.95. The van der Waals surface area contributed by atoms with Gasteiger partial charge in [0.1, 0.15) is 5.01 Å². The summed E-state index contributed by atoms with van der Waals surface area (Å²) in [6.07, 6.45) is 0. The van der Waals surface area contributed by atoms with Gasteiger partial charge in [0.2, 0.25) is 0 Å². The first-order valence-corrected chi connectivity index (χ1v) is 7.04. The van der Waals surface area contributed by atoms with Gasteiger partial charge in [0.05, 0.1) is 21.1 Å². The van der Waals surface area contributed by atoms with Crippen LogP contribution in [0.3, 0.4) is 0 Å². The Kier molecular flexibility index (Phi) is 3.22. The van der Waals surface area contributed by atoms with Gasteiger partial charge in [0, 0.05) is 5.56 Å². The van der Waals surface area contributed by atoms with Crippen LogP contribution in [0.2, 0.25) is 0 Å². The number of fused-ring (bicyclic) bond motifs is 1. The molecule has 0 spiro atoms. The quantitative estimate of drug-likeness (QED) is 0.488. The van der Waals surface area contributed by atoms with Crippen molar-refractivity contribution in [2.24, 2.45) is 4.99 Å². The Morgan fingerprint density at radius 3 is 2.68 bits per heavy atom. The zero-order chi connectivity index (χ0) is 13.2. The van der Waals surface area contributed by atoms with Crippen molar-refractivity contribution in [1.29, 1.82) is 0 Å². The molecule has 1 aromatic heterocycles. The van der Waals surface area contributed by atoms with Gasteiger partial charge in [0.15, 0.2) is 0 Å². The van der Waals surface area contributed by atoms with Crippen LogP contribution in [0.1, 0.15) is 5.56 Å². The number of benzene rings is 2. The summed E-state index contributed by atoms with van der Waals surface area (Å²) in [5.74, 6) is 0. The molecule has 0 aliphatic heterocycles. The minimum Gasteiger partial charge on any atom is -0.236 e. The second-order valence-electron chi connectivity index (χ2n) is 4.24. The van der Waals surface area contributed by atoms with Crippen LogP contribution in [0.15, 0.2) is 47.5 Å². The normalized spacial score (nSPS) is 10.4. The summed E-state index contributed by atoms with van der Waals surface area (Å²) in [5, 5.41) is 3.39. The fourth-order valence-corrected chi connectivity index (χ4v) is 2.95. The number of thiocarbonyl (C=S) groups is 1. The summed E-state index contributed by atoms with van der Waals surface area (Å²) in [4.78, 5) is 8.61. The van der Waals surface area contributed by atoms with Crippen molar-refractivity contribution in [2.75, 3.05) is 0 Å². The number of nitrogens with zero attached hydrogens (tertiary/aromatic N) is 2. The maximum Gasteiger partial charge on any atom is 0.124 e. The Morgan fingerprint density at radius 2 is 1.95 bits per heavy atom. The third-order valence-electron chi connectivity index (χ3n) is 2.83. The minimum atomic E-state index is 0.815. The van der Waals surface area contributed by atoms with Crippen molar-refractivity contribution in [1.82, 2.24) is 4.98 Å². The summed E-state index contributed by atoms with van der Waals surface area (Å²) in [5.41, 5.74) is 4.20. The molecule has 0 amide bonds. The Balaban J connectivity index is 2.05. The van der Waals surface area contributed by atoms with Gasteiger partial charge in [-0.25, -0.2) is 4.98 Å². The van der Waals surface area contributed by atoms with E-state index in [-0.39, 0.29) is 0 Å². The van der Waals surface area contributed by atoms with Crippen molar-refractivity contribution in [3.8, 4) is 10.6 Å². The van der Waals surface area contributed by atoms with E-state index in [9.17, 15) is 0 Å². The van der Waals surface area contributed by atoms with Crippen molar-refractivity contribution in [3.05, 3.63) is 48.0 Å². The Morgan fingerprint density at radius 1 is 1.16 bits per heavy atom. The Bertz CT molecular complexity index is 782. The van der Waals surface area contributed by atoms with Gasteiger partial charge < -0.3 is 0 Å². The SMILES string of the molecule is Cc1ccc2sc(-c3ccc(N=C=S)cc3)nc2c1. The summed E-state index contributed by atoms with van der Waals surface area (Å²) < 4.78 is 1.21. The average molecular weight is 282 g/mol. The van der Waals surface area contributed by atoms with Crippen molar-refractivity contribution in [3.63, 3.8) is 0 Å². The molecule has 0 aliphatic carbocycles. The van der Waals surface area contributed by atoms with Crippen LogP contribution in [0.25, 0.3) is 20.8 Å². The molecule has 2 aromatic carbocycles. The van der Waals surface area contributed by atoms with Crippen molar-refractivity contribution >= 4 is 44.6 Å². The molecular formula is C15H10N2S2. The van der Waals surface area contributed by atoms with Gasteiger partial charge in [-0.2, -0.15) is 4.99 Å². The van der Waals surface area contributed by atoms with Gasteiger partial charge in [-0.05, 0) is 61.1 Å². The molecule has 19 heavy (non-hydrogen) atoms. The molecule has 0 saturated heterocycles. The van der Waals surface area contributed by atoms with E-state index in [0.717, 1.165) is 21.8 Å². The lowest BCUT2D eigenvalue weighted by atomic mass is 10.2. The highest BCUT2D eigenvalue weighted by atomic mass is 32.1. The zero-order valence-corrected chi connectivity index (χ0v) is 11.9. The van der Waals surface area contributed by atoms with E-state index in [1.807, 2.05) is 24.3 Å². The smallest absolute Gasteiger partial charge is 0.124 e. The van der Waals surface area contributed by atoms with Crippen LogP contribution in [0.4, 0.5) is 5.69 Å². The summed E-state index contributed by atoms with van der Waals surface area (Å²) in [6, 6.07) is 14.2. The topological polar surface area (TPSA) is 25.2 Å². The number of thiazole rings is 1. The molecule has 3 aromatic rings. The van der Waals surface area contributed by atoms with Crippen LogP contribution in [-0.4, -0.2) is 10.1 Å². The van der Waals surface area contributed by atoms with Crippen LogP contribution < -0.4 is 0 Å². The third kappa shape index (κ3) is 2.47. The standard InChI is InChI=1S/C15H10N2S2/c1-10-2-7-14-13(8-10)17-15(19-14)11-3-5-12(6-4-11)16-9-18/h2-8H,1H3. The molecule has 0 N–H and O–H groups in total. The van der Waals surface area contributed by atoms with E-state index >= 15 is 0 Å². The van der Waals surface area contributed by atoms with E-state index in [0.29, 0.717) is 0 Å². The Labute approximate surface area is 120 Å². The fourth-order valence-electron chi connectivity index (χ4n) is 1.89.